The van der Waals surface area contributed by atoms with Gasteiger partial charge in [-0.2, -0.15) is 0 Å². The zero-order valence-corrected chi connectivity index (χ0v) is 13.5. The maximum atomic E-state index is 11.9. The van der Waals surface area contributed by atoms with Crippen LogP contribution in [-0.4, -0.2) is 38.1 Å². The van der Waals surface area contributed by atoms with E-state index in [0.717, 1.165) is 31.4 Å². The highest BCUT2D eigenvalue weighted by atomic mass is 16.5. The second-order valence-corrected chi connectivity index (χ2v) is 5.17. The minimum absolute atomic E-state index is 0.0101. The van der Waals surface area contributed by atoms with Crippen LogP contribution in [0.25, 0.3) is 0 Å². The number of aryl methyl sites for hydroxylation is 1. The van der Waals surface area contributed by atoms with Gasteiger partial charge in [0.15, 0.2) is 0 Å². The molecule has 0 radical (unpaired) electrons. The summed E-state index contributed by atoms with van der Waals surface area (Å²) in [7, 11) is 0. The van der Waals surface area contributed by atoms with Crippen LogP contribution in [0.2, 0.25) is 0 Å². The molecule has 0 unspecified atom stereocenters. The smallest absolute Gasteiger partial charge is 0.251 e. The molecule has 0 spiro atoms. The molecule has 0 saturated heterocycles. The highest BCUT2D eigenvalue weighted by Gasteiger charge is 2.09. The van der Waals surface area contributed by atoms with E-state index in [1.165, 1.54) is 0 Å². The maximum absolute atomic E-state index is 11.9. The van der Waals surface area contributed by atoms with E-state index in [1.54, 1.807) is 12.1 Å². The third kappa shape index (κ3) is 7.22. The van der Waals surface area contributed by atoms with Gasteiger partial charge in [-0.05, 0) is 31.4 Å². The number of unbranched alkanes of at least 4 members (excludes halogenated alkanes) is 1. The summed E-state index contributed by atoms with van der Waals surface area (Å²) < 4.78 is 5.40. The van der Waals surface area contributed by atoms with Crippen LogP contribution in [0.4, 0.5) is 0 Å². The lowest BCUT2D eigenvalue weighted by molar-refractivity contribution is -0.120. The fourth-order valence-corrected chi connectivity index (χ4v) is 1.90. The SMILES string of the molecule is CCCCOCCCNC(=O)CNC(=O)c1ccccc1C. The summed E-state index contributed by atoms with van der Waals surface area (Å²) in [5, 5.41) is 5.39. The van der Waals surface area contributed by atoms with E-state index in [1.807, 2.05) is 19.1 Å². The second kappa shape index (κ2) is 10.8. The van der Waals surface area contributed by atoms with Gasteiger partial charge in [-0.15, -0.1) is 0 Å². The molecule has 1 aromatic rings. The van der Waals surface area contributed by atoms with Crippen LogP contribution in [0, 0.1) is 6.92 Å². The molecule has 5 nitrogen and oxygen atoms in total. The zero-order chi connectivity index (χ0) is 16.2. The van der Waals surface area contributed by atoms with Crippen molar-refractivity contribution in [3.05, 3.63) is 35.4 Å². The van der Waals surface area contributed by atoms with Crippen molar-refractivity contribution in [2.24, 2.45) is 0 Å². The van der Waals surface area contributed by atoms with Gasteiger partial charge in [0, 0.05) is 25.3 Å². The molecular weight excluding hydrogens is 280 g/mol. The molecule has 0 atom stereocenters. The highest BCUT2D eigenvalue weighted by molar-refractivity contribution is 5.97. The van der Waals surface area contributed by atoms with Gasteiger partial charge in [-0.3, -0.25) is 9.59 Å². The highest BCUT2D eigenvalue weighted by Crippen LogP contribution is 2.05. The summed E-state index contributed by atoms with van der Waals surface area (Å²) in [4.78, 5) is 23.6. The quantitative estimate of drug-likeness (QED) is 0.650. The van der Waals surface area contributed by atoms with Gasteiger partial charge >= 0.3 is 0 Å². The number of hydrogen-bond acceptors (Lipinski definition) is 3. The summed E-state index contributed by atoms with van der Waals surface area (Å²) in [6.07, 6.45) is 2.97. The van der Waals surface area contributed by atoms with Gasteiger partial charge in [0.05, 0.1) is 6.54 Å². The van der Waals surface area contributed by atoms with Crippen molar-refractivity contribution in [1.82, 2.24) is 10.6 Å². The average Bonchev–Trinajstić information content (AvgIpc) is 2.52. The molecule has 0 heterocycles. The van der Waals surface area contributed by atoms with Crippen LogP contribution in [0.1, 0.15) is 42.1 Å². The summed E-state index contributed by atoms with van der Waals surface area (Å²) in [6, 6.07) is 7.30. The molecule has 1 rings (SSSR count). The van der Waals surface area contributed by atoms with Crippen LogP contribution in [-0.2, 0) is 9.53 Å². The fourth-order valence-electron chi connectivity index (χ4n) is 1.90. The normalized spacial score (nSPS) is 10.3. The third-order valence-corrected chi connectivity index (χ3v) is 3.23. The Kier molecular flexibility index (Phi) is 8.91. The molecule has 0 aliphatic rings. The van der Waals surface area contributed by atoms with E-state index in [-0.39, 0.29) is 18.4 Å². The van der Waals surface area contributed by atoms with Crippen LogP contribution in [0.15, 0.2) is 24.3 Å². The summed E-state index contributed by atoms with van der Waals surface area (Å²) >= 11 is 0. The van der Waals surface area contributed by atoms with Gasteiger partial charge in [-0.1, -0.05) is 31.5 Å². The minimum Gasteiger partial charge on any atom is -0.381 e. The van der Waals surface area contributed by atoms with Crippen molar-refractivity contribution >= 4 is 11.8 Å². The Morgan fingerprint density at radius 2 is 1.82 bits per heavy atom. The fraction of sp³-hybridized carbons (Fsp3) is 0.529. The Balaban J connectivity index is 2.13. The van der Waals surface area contributed by atoms with Crippen LogP contribution in [0.5, 0.6) is 0 Å². The van der Waals surface area contributed by atoms with E-state index in [4.69, 9.17) is 4.74 Å². The lowest BCUT2D eigenvalue weighted by atomic mass is 10.1. The topological polar surface area (TPSA) is 67.4 Å². The number of carbonyl (C=O) groups is 2. The van der Waals surface area contributed by atoms with Gasteiger partial charge in [0.2, 0.25) is 5.91 Å². The van der Waals surface area contributed by atoms with E-state index in [0.29, 0.717) is 18.7 Å². The molecule has 2 amide bonds. The first-order valence-corrected chi connectivity index (χ1v) is 7.83. The maximum Gasteiger partial charge on any atom is 0.251 e. The Morgan fingerprint density at radius 3 is 2.55 bits per heavy atom. The largest absolute Gasteiger partial charge is 0.381 e. The van der Waals surface area contributed by atoms with Crippen LogP contribution >= 0.6 is 0 Å². The molecule has 22 heavy (non-hydrogen) atoms. The Labute approximate surface area is 132 Å². The molecular formula is C17H26N2O3. The van der Waals surface area contributed by atoms with E-state index < -0.39 is 0 Å². The molecule has 1 aromatic carbocycles. The Hall–Kier alpha value is -1.88. The van der Waals surface area contributed by atoms with Crippen LogP contribution in [0.3, 0.4) is 0 Å². The van der Waals surface area contributed by atoms with Crippen molar-refractivity contribution in [3.63, 3.8) is 0 Å². The number of hydrogen-bond donors (Lipinski definition) is 2. The molecule has 0 saturated carbocycles. The standard InChI is InChI=1S/C17H26N2O3/c1-3-4-11-22-12-7-10-18-16(20)13-19-17(21)15-9-6-5-8-14(15)2/h5-6,8-9H,3-4,7,10-13H2,1-2H3,(H,18,20)(H,19,21). The molecule has 0 fully saturated rings. The summed E-state index contributed by atoms with van der Waals surface area (Å²) in [6.45, 7) is 5.96. The van der Waals surface area contributed by atoms with Gasteiger partial charge in [0.1, 0.15) is 0 Å². The third-order valence-electron chi connectivity index (χ3n) is 3.23. The van der Waals surface area contributed by atoms with Crippen molar-refractivity contribution in [1.29, 1.82) is 0 Å². The first-order chi connectivity index (χ1) is 10.6. The van der Waals surface area contributed by atoms with Crippen molar-refractivity contribution in [3.8, 4) is 0 Å². The Bertz CT molecular complexity index is 475. The first-order valence-electron chi connectivity index (χ1n) is 7.83. The zero-order valence-electron chi connectivity index (χ0n) is 13.5. The molecule has 2 N–H and O–H groups in total. The number of benzene rings is 1. The molecule has 0 bridgehead atoms. The second-order valence-electron chi connectivity index (χ2n) is 5.17. The predicted molar refractivity (Wildman–Crippen MR) is 86.9 cm³/mol. The summed E-state index contributed by atoms with van der Waals surface area (Å²) in [5.74, 6) is -0.411. The van der Waals surface area contributed by atoms with Crippen molar-refractivity contribution in [2.45, 2.75) is 33.1 Å². The van der Waals surface area contributed by atoms with Crippen molar-refractivity contribution in [2.75, 3.05) is 26.3 Å². The van der Waals surface area contributed by atoms with E-state index in [2.05, 4.69) is 17.6 Å². The average molecular weight is 306 g/mol. The van der Waals surface area contributed by atoms with Crippen molar-refractivity contribution < 1.29 is 14.3 Å². The summed E-state index contributed by atoms with van der Waals surface area (Å²) in [5.41, 5.74) is 1.49. The van der Waals surface area contributed by atoms with E-state index >= 15 is 0 Å². The van der Waals surface area contributed by atoms with Crippen LogP contribution < -0.4 is 10.6 Å². The van der Waals surface area contributed by atoms with Gasteiger partial charge in [0.25, 0.3) is 5.91 Å². The lowest BCUT2D eigenvalue weighted by Crippen LogP contribution is -2.37. The van der Waals surface area contributed by atoms with Gasteiger partial charge in [-0.25, -0.2) is 0 Å². The number of nitrogens with one attached hydrogen (secondary N) is 2. The lowest BCUT2D eigenvalue weighted by Gasteiger charge is -2.08. The number of ether oxygens (including phenoxy) is 1. The molecule has 0 aliphatic heterocycles. The minimum atomic E-state index is -0.226. The monoisotopic (exact) mass is 306 g/mol. The molecule has 5 heteroatoms. The Morgan fingerprint density at radius 1 is 1.09 bits per heavy atom. The molecule has 0 aromatic heterocycles. The molecule has 0 aliphatic carbocycles. The van der Waals surface area contributed by atoms with E-state index in [9.17, 15) is 9.59 Å². The molecule has 122 valence electrons. The number of rotatable bonds is 10. The predicted octanol–water partition coefficient (Wildman–Crippen LogP) is 2.05. The first kappa shape index (κ1) is 18.2. The number of amides is 2. The van der Waals surface area contributed by atoms with Gasteiger partial charge < -0.3 is 15.4 Å². The number of carbonyl (C=O) groups excluding carboxylic acids is 2.